The molecule has 8 nitrogen and oxygen atoms in total. The van der Waals surface area contributed by atoms with Crippen molar-refractivity contribution < 1.29 is 13.9 Å². The van der Waals surface area contributed by atoms with Gasteiger partial charge in [-0.05, 0) is 61.4 Å². The van der Waals surface area contributed by atoms with Crippen molar-refractivity contribution in [3.63, 3.8) is 0 Å². The normalized spacial score (nSPS) is 17.0. The fourth-order valence-corrected chi connectivity index (χ4v) is 6.21. The summed E-state index contributed by atoms with van der Waals surface area (Å²) in [5, 5.41) is 5.29. The van der Waals surface area contributed by atoms with Gasteiger partial charge in [-0.15, -0.1) is 0 Å². The van der Waals surface area contributed by atoms with Crippen LogP contribution in [-0.4, -0.2) is 81.0 Å². The molecule has 2 saturated heterocycles. The molecule has 2 fully saturated rings. The number of aromatic nitrogens is 4. The molecular weight excluding hydrogens is 519 g/mol. The number of carbonyl (C=O) groups excluding carboxylic acids is 1. The minimum Gasteiger partial charge on any atom is -0.379 e. The Morgan fingerprint density at radius 1 is 0.902 bits per heavy atom. The molecule has 0 saturated carbocycles. The van der Waals surface area contributed by atoms with Crippen LogP contribution in [0.4, 0.5) is 4.39 Å². The van der Waals surface area contributed by atoms with Crippen molar-refractivity contribution in [3.05, 3.63) is 90.1 Å². The number of imidazole rings is 1. The summed E-state index contributed by atoms with van der Waals surface area (Å²) in [5.74, 6) is 1.17. The molecule has 9 heteroatoms. The van der Waals surface area contributed by atoms with Crippen molar-refractivity contribution in [1.82, 2.24) is 29.1 Å². The highest BCUT2D eigenvalue weighted by molar-refractivity contribution is 5.98. The maximum atomic E-state index is 13.8. The van der Waals surface area contributed by atoms with Crippen LogP contribution in [0.5, 0.6) is 0 Å². The van der Waals surface area contributed by atoms with Gasteiger partial charge in [-0.2, -0.15) is 5.10 Å². The maximum absolute atomic E-state index is 13.8. The van der Waals surface area contributed by atoms with Gasteiger partial charge in [0.1, 0.15) is 11.6 Å². The quantitative estimate of drug-likeness (QED) is 0.301. The van der Waals surface area contributed by atoms with E-state index < -0.39 is 0 Å². The lowest BCUT2D eigenvalue weighted by atomic mass is 9.95. The van der Waals surface area contributed by atoms with Gasteiger partial charge in [0, 0.05) is 56.1 Å². The van der Waals surface area contributed by atoms with Crippen LogP contribution in [0.1, 0.15) is 34.9 Å². The van der Waals surface area contributed by atoms with Crippen molar-refractivity contribution in [2.24, 2.45) is 0 Å². The molecule has 7 rings (SSSR count). The van der Waals surface area contributed by atoms with Crippen molar-refractivity contribution in [3.8, 4) is 5.69 Å². The van der Waals surface area contributed by atoms with Gasteiger partial charge >= 0.3 is 0 Å². The number of fused-ring (bicyclic) bond motifs is 2. The van der Waals surface area contributed by atoms with Crippen LogP contribution >= 0.6 is 0 Å². The Morgan fingerprint density at radius 3 is 2.56 bits per heavy atom. The fraction of sp³-hybridized carbons (Fsp3) is 0.344. The molecular formula is C32H33FN6O2. The zero-order chi connectivity index (χ0) is 27.8. The van der Waals surface area contributed by atoms with Gasteiger partial charge in [-0.1, -0.05) is 18.2 Å². The van der Waals surface area contributed by atoms with Crippen LogP contribution in [0, 0.1) is 5.82 Å². The Morgan fingerprint density at radius 2 is 1.73 bits per heavy atom. The summed E-state index contributed by atoms with van der Waals surface area (Å²) in [6.45, 7) is 6.80. The standard InChI is InChI=1S/C32H33FN6O2/c33-26-4-3-5-27(21-26)39-29-9-8-24(20-25(29)22-34-39)32(40)37-12-10-23(11-13-37)31-35-28-6-1-2-7-30(28)38(31)15-14-36-16-18-41-19-17-36/h1-9,20-23H,10-19H2. The molecule has 5 aromatic rings. The number of piperidine rings is 1. The molecule has 3 aromatic carbocycles. The van der Waals surface area contributed by atoms with Gasteiger partial charge < -0.3 is 14.2 Å². The molecule has 210 valence electrons. The summed E-state index contributed by atoms with van der Waals surface area (Å²) in [6, 6.07) is 20.4. The predicted octanol–water partition coefficient (Wildman–Crippen LogP) is 4.87. The number of hydrogen-bond donors (Lipinski definition) is 0. The number of likely N-dealkylation sites (tertiary alicyclic amines) is 1. The van der Waals surface area contributed by atoms with Gasteiger partial charge in [0.25, 0.3) is 5.91 Å². The Kier molecular flexibility index (Phi) is 6.98. The van der Waals surface area contributed by atoms with E-state index in [2.05, 4.69) is 32.8 Å². The number of carbonyl (C=O) groups is 1. The number of ether oxygens (including phenoxy) is 1. The average Bonchev–Trinajstić information content (AvgIpc) is 3.61. The SMILES string of the molecule is O=C(c1ccc2c(cnn2-c2cccc(F)c2)c1)N1CCC(c2nc3ccccc3n2CCN2CCOCC2)CC1. The molecule has 2 aromatic heterocycles. The average molecular weight is 553 g/mol. The van der Waals surface area contributed by atoms with Crippen LogP contribution in [-0.2, 0) is 11.3 Å². The summed E-state index contributed by atoms with van der Waals surface area (Å²) in [4.78, 5) is 23.0. The number of benzene rings is 3. The lowest BCUT2D eigenvalue weighted by Gasteiger charge is -2.32. The summed E-state index contributed by atoms with van der Waals surface area (Å²) in [6.07, 6.45) is 3.49. The predicted molar refractivity (Wildman–Crippen MR) is 156 cm³/mol. The molecule has 0 N–H and O–H groups in total. The highest BCUT2D eigenvalue weighted by atomic mass is 19.1. The number of para-hydroxylation sites is 2. The van der Waals surface area contributed by atoms with Gasteiger partial charge in [-0.25, -0.2) is 14.1 Å². The number of halogens is 1. The largest absolute Gasteiger partial charge is 0.379 e. The van der Waals surface area contributed by atoms with E-state index in [1.54, 1.807) is 16.9 Å². The third-order valence-corrected chi connectivity index (χ3v) is 8.44. The molecule has 0 unspecified atom stereocenters. The van der Waals surface area contributed by atoms with Crippen molar-refractivity contribution in [2.45, 2.75) is 25.3 Å². The second-order valence-electron chi connectivity index (χ2n) is 10.9. The molecule has 2 aliphatic heterocycles. The van der Waals surface area contributed by atoms with E-state index in [4.69, 9.17) is 9.72 Å². The molecule has 41 heavy (non-hydrogen) atoms. The minimum atomic E-state index is -0.311. The van der Waals surface area contributed by atoms with E-state index >= 15 is 0 Å². The molecule has 0 atom stereocenters. The second kappa shape index (κ2) is 11.1. The lowest BCUT2D eigenvalue weighted by molar-refractivity contribution is 0.0363. The molecule has 2 aliphatic rings. The van der Waals surface area contributed by atoms with E-state index in [-0.39, 0.29) is 11.7 Å². The van der Waals surface area contributed by atoms with Gasteiger partial charge in [-0.3, -0.25) is 9.69 Å². The Balaban J connectivity index is 1.06. The third kappa shape index (κ3) is 5.11. The van der Waals surface area contributed by atoms with Crippen LogP contribution in [0.15, 0.2) is 72.9 Å². The number of morpholine rings is 1. The second-order valence-corrected chi connectivity index (χ2v) is 10.9. The summed E-state index contributed by atoms with van der Waals surface area (Å²) in [7, 11) is 0. The first kappa shape index (κ1) is 25.9. The third-order valence-electron chi connectivity index (χ3n) is 8.44. The summed E-state index contributed by atoms with van der Waals surface area (Å²) < 4.78 is 23.4. The Hall–Kier alpha value is -4.08. The number of nitrogens with zero attached hydrogens (tertiary/aromatic N) is 6. The first-order valence-electron chi connectivity index (χ1n) is 14.4. The zero-order valence-electron chi connectivity index (χ0n) is 23.0. The first-order valence-corrected chi connectivity index (χ1v) is 14.4. The smallest absolute Gasteiger partial charge is 0.253 e. The van der Waals surface area contributed by atoms with Crippen LogP contribution in [0.2, 0.25) is 0 Å². The minimum absolute atomic E-state index is 0.0321. The highest BCUT2D eigenvalue weighted by Gasteiger charge is 2.28. The number of amides is 1. The number of hydrogen-bond acceptors (Lipinski definition) is 5. The maximum Gasteiger partial charge on any atom is 0.253 e. The van der Waals surface area contributed by atoms with Crippen LogP contribution in [0.25, 0.3) is 27.6 Å². The van der Waals surface area contributed by atoms with E-state index in [0.717, 1.165) is 74.5 Å². The molecule has 0 bridgehead atoms. The van der Waals surface area contributed by atoms with Crippen molar-refractivity contribution >= 4 is 27.8 Å². The highest BCUT2D eigenvalue weighted by Crippen LogP contribution is 2.31. The molecule has 0 aliphatic carbocycles. The van der Waals surface area contributed by atoms with Crippen LogP contribution < -0.4 is 0 Å². The lowest BCUT2D eigenvalue weighted by Crippen LogP contribution is -2.39. The monoisotopic (exact) mass is 552 g/mol. The van der Waals surface area contributed by atoms with E-state index in [1.165, 1.54) is 17.6 Å². The topological polar surface area (TPSA) is 68.4 Å². The summed E-state index contributed by atoms with van der Waals surface area (Å²) in [5.41, 5.74) is 4.35. The van der Waals surface area contributed by atoms with Gasteiger partial charge in [0.15, 0.2) is 0 Å². The van der Waals surface area contributed by atoms with Crippen molar-refractivity contribution in [2.75, 3.05) is 45.9 Å². The van der Waals surface area contributed by atoms with E-state index in [0.29, 0.717) is 30.3 Å². The first-order chi connectivity index (χ1) is 20.1. The van der Waals surface area contributed by atoms with Crippen molar-refractivity contribution in [1.29, 1.82) is 0 Å². The summed E-state index contributed by atoms with van der Waals surface area (Å²) >= 11 is 0. The van der Waals surface area contributed by atoms with E-state index in [1.807, 2.05) is 35.2 Å². The molecule has 0 spiro atoms. The molecule has 1 amide bonds. The van der Waals surface area contributed by atoms with Gasteiger partial charge in [0.05, 0.1) is 41.6 Å². The van der Waals surface area contributed by atoms with E-state index in [9.17, 15) is 9.18 Å². The van der Waals surface area contributed by atoms with Crippen LogP contribution in [0.3, 0.4) is 0 Å². The Labute approximate surface area is 237 Å². The Bertz CT molecular complexity index is 1700. The zero-order valence-corrected chi connectivity index (χ0v) is 23.0. The molecule has 4 heterocycles. The van der Waals surface area contributed by atoms with Gasteiger partial charge in [0.2, 0.25) is 0 Å². The fourth-order valence-electron chi connectivity index (χ4n) is 6.21. The molecule has 0 radical (unpaired) electrons. The number of rotatable bonds is 6.